The fourth-order valence-electron chi connectivity index (χ4n) is 3.62. The average molecular weight is 433 g/mol. The quantitative estimate of drug-likeness (QED) is 0.301. The fraction of sp³-hybridized carbons (Fsp3) is 0.240. The molecule has 0 aliphatic carbocycles. The maximum Gasteiger partial charge on any atom is 0.0980 e. The van der Waals surface area contributed by atoms with Gasteiger partial charge in [-0.1, -0.05) is 67.8 Å². The predicted molar refractivity (Wildman–Crippen MR) is 111 cm³/mol. The Kier molecular flexibility index (Phi) is 5.41. The van der Waals surface area contributed by atoms with Gasteiger partial charge in [0.2, 0.25) is 0 Å². The van der Waals surface area contributed by atoms with Gasteiger partial charge in [-0.3, -0.25) is 0 Å². The molecular formula is C25H25OZr-. The van der Waals surface area contributed by atoms with Gasteiger partial charge in [0, 0.05) is 31.6 Å². The molecule has 136 valence electrons. The van der Waals surface area contributed by atoms with Crippen molar-refractivity contribution in [1.82, 2.24) is 0 Å². The molecule has 27 heavy (non-hydrogen) atoms. The fourth-order valence-corrected chi connectivity index (χ4v) is 3.62. The van der Waals surface area contributed by atoms with Crippen LogP contribution in [0.4, 0.5) is 0 Å². The molecule has 0 unspecified atom stereocenters. The number of hydrogen-bond donors (Lipinski definition) is 0. The summed E-state index contributed by atoms with van der Waals surface area (Å²) in [5.74, 6) is 1.97. The first-order valence-electron chi connectivity index (χ1n) is 9.21. The molecule has 0 radical (unpaired) electrons. The number of benzene rings is 2. The van der Waals surface area contributed by atoms with E-state index in [0.29, 0.717) is 0 Å². The van der Waals surface area contributed by atoms with Crippen molar-refractivity contribution in [2.24, 2.45) is 0 Å². The molecule has 4 rings (SSSR count). The van der Waals surface area contributed by atoms with Crippen LogP contribution in [-0.2, 0) is 31.6 Å². The Hall–Kier alpha value is -1.79. The zero-order valence-electron chi connectivity index (χ0n) is 16.7. The summed E-state index contributed by atoms with van der Waals surface area (Å²) in [6, 6.07) is 21.7. The number of furan rings is 1. The summed E-state index contributed by atoms with van der Waals surface area (Å²) in [4.78, 5) is 0. The molecular weight excluding hydrogens is 407 g/mol. The van der Waals surface area contributed by atoms with Crippen molar-refractivity contribution in [3.63, 3.8) is 0 Å². The van der Waals surface area contributed by atoms with E-state index < -0.39 is 0 Å². The second-order valence-corrected chi connectivity index (χ2v) is 8.22. The van der Waals surface area contributed by atoms with E-state index >= 15 is 0 Å². The number of fused-ring (bicyclic) bond motifs is 1. The molecule has 4 aromatic rings. The van der Waals surface area contributed by atoms with Crippen molar-refractivity contribution in [2.75, 3.05) is 0 Å². The molecule has 0 N–H and O–H groups in total. The van der Waals surface area contributed by atoms with Crippen LogP contribution in [0.25, 0.3) is 33.2 Å². The van der Waals surface area contributed by atoms with Crippen molar-refractivity contribution in [2.45, 2.75) is 40.0 Å². The van der Waals surface area contributed by atoms with Crippen LogP contribution in [0, 0.1) is 13.8 Å². The number of hydrogen-bond acceptors (Lipinski definition) is 1. The van der Waals surface area contributed by atoms with Crippen molar-refractivity contribution in [3.05, 3.63) is 77.6 Å². The van der Waals surface area contributed by atoms with Crippen LogP contribution in [0.3, 0.4) is 0 Å². The maximum atomic E-state index is 6.17. The first kappa shape index (κ1) is 20.0. The maximum absolute atomic E-state index is 6.17. The van der Waals surface area contributed by atoms with Gasteiger partial charge in [0.05, 0.1) is 11.5 Å². The third-order valence-corrected chi connectivity index (χ3v) is 5.22. The Bertz CT molecular complexity index is 1070. The van der Waals surface area contributed by atoms with Crippen LogP contribution in [0.15, 0.2) is 65.1 Å². The minimum absolute atomic E-state index is 0. The zero-order chi connectivity index (χ0) is 18.5. The summed E-state index contributed by atoms with van der Waals surface area (Å²) < 4.78 is 6.17. The second kappa shape index (κ2) is 7.32. The molecule has 0 amide bonds. The molecule has 0 saturated heterocycles. The van der Waals surface area contributed by atoms with Gasteiger partial charge in [-0.05, 0) is 37.1 Å². The molecule has 1 nitrogen and oxygen atoms in total. The summed E-state index contributed by atoms with van der Waals surface area (Å²) in [6.07, 6.45) is 0. The molecule has 1 aromatic heterocycles. The molecule has 1 heterocycles. The van der Waals surface area contributed by atoms with Crippen LogP contribution in [0.1, 0.15) is 37.7 Å². The van der Waals surface area contributed by atoms with E-state index in [1.807, 2.05) is 0 Å². The third-order valence-electron chi connectivity index (χ3n) is 5.22. The minimum Gasteiger partial charge on any atom is -0.496 e. The van der Waals surface area contributed by atoms with Crippen molar-refractivity contribution in [3.8, 4) is 22.5 Å². The van der Waals surface area contributed by atoms with Gasteiger partial charge in [0.25, 0.3) is 0 Å². The standard InChI is InChI=1S/C25H25O.Zr/c1-16-13-19-14-20(22-11-12-23(26-22)25(3,4)5)15-21(19)24(17(16)2)18-9-7-6-8-10-18;/h6-15H,1-5H3;/q-1;. The first-order chi connectivity index (χ1) is 12.3. The Morgan fingerprint density at radius 3 is 2.22 bits per heavy atom. The minimum atomic E-state index is 0. The molecule has 0 spiro atoms. The van der Waals surface area contributed by atoms with Crippen LogP contribution < -0.4 is 0 Å². The van der Waals surface area contributed by atoms with Crippen LogP contribution in [0.2, 0.25) is 0 Å². The van der Waals surface area contributed by atoms with E-state index in [1.165, 1.54) is 33.0 Å². The van der Waals surface area contributed by atoms with Crippen LogP contribution >= 0.6 is 0 Å². The Balaban J connectivity index is 0.00000210. The smallest absolute Gasteiger partial charge is 0.0980 e. The van der Waals surface area contributed by atoms with E-state index in [-0.39, 0.29) is 31.6 Å². The molecule has 0 saturated carbocycles. The van der Waals surface area contributed by atoms with Crippen molar-refractivity contribution in [1.29, 1.82) is 0 Å². The SMILES string of the molecule is Cc1cc2[cH-]c(-c3ccc(C(C)(C)C)o3)cc2c(-c2ccccc2)c1C.[Zr]. The Morgan fingerprint density at radius 2 is 1.59 bits per heavy atom. The van der Waals surface area contributed by atoms with Gasteiger partial charge < -0.3 is 4.42 Å². The summed E-state index contributed by atoms with van der Waals surface area (Å²) >= 11 is 0. The molecule has 0 atom stereocenters. The molecule has 0 fully saturated rings. The van der Waals surface area contributed by atoms with E-state index in [9.17, 15) is 0 Å². The molecule has 0 bridgehead atoms. The van der Waals surface area contributed by atoms with Crippen molar-refractivity contribution >= 4 is 10.8 Å². The van der Waals surface area contributed by atoms with Gasteiger partial charge in [-0.2, -0.15) is 0 Å². The second-order valence-electron chi connectivity index (χ2n) is 8.22. The summed E-state index contributed by atoms with van der Waals surface area (Å²) in [5, 5.41) is 2.57. The van der Waals surface area contributed by atoms with Gasteiger partial charge in [-0.25, -0.2) is 0 Å². The topological polar surface area (TPSA) is 13.1 Å². The van der Waals surface area contributed by atoms with Crippen LogP contribution in [0.5, 0.6) is 0 Å². The van der Waals surface area contributed by atoms with Crippen molar-refractivity contribution < 1.29 is 30.6 Å². The Labute approximate surface area is 180 Å². The van der Waals surface area contributed by atoms with E-state index in [4.69, 9.17) is 4.42 Å². The van der Waals surface area contributed by atoms with Gasteiger partial charge >= 0.3 is 0 Å². The summed E-state index contributed by atoms with van der Waals surface area (Å²) in [5.41, 5.74) is 6.43. The normalized spacial score (nSPS) is 11.6. The van der Waals surface area contributed by atoms with E-state index in [2.05, 4.69) is 95.3 Å². The monoisotopic (exact) mass is 431 g/mol. The molecule has 0 aliphatic heterocycles. The van der Waals surface area contributed by atoms with Crippen LogP contribution in [-0.4, -0.2) is 0 Å². The molecule has 0 aliphatic rings. The summed E-state index contributed by atoms with van der Waals surface area (Å²) in [7, 11) is 0. The third kappa shape index (κ3) is 3.65. The number of aryl methyl sites for hydroxylation is 1. The van der Waals surface area contributed by atoms with Gasteiger partial charge in [0.1, 0.15) is 0 Å². The largest absolute Gasteiger partial charge is 0.496 e. The molecule has 2 heteroatoms. The van der Waals surface area contributed by atoms with E-state index in [1.54, 1.807) is 0 Å². The number of rotatable bonds is 2. The predicted octanol–water partition coefficient (Wildman–Crippen LogP) is 7.40. The van der Waals surface area contributed by atoms with Gasteiger partial charge in [0.15, 0.2) is 0 Å². The summed E-state index contributed by atoms with van der Waals surface area (Å²) in [6.45, 7) is 10.9. The van der Waals surface area contributed by atoms with E-state index in [0.717, 1.165) is 17.1 Å². The first-order valence-corrected chi connectivity index (χ1v) is 9.21. The average Bonchev–Trinajstić information content (AvgIpc) is 3.23. The molecule has 3 aromatic carbocycles. The Morgan fingerprint density at radius 1 is 0.889 bits per heavy atom. The zero-order valence-corrected chi connectivity index (χ0v) is 19.1. The van der Waals surface area contributed by atoms with Gasteiger partial charge in [-0.15, -0.1) is 29.0 Å².